The fourth-order valence-corrected chi connectivity index (χ4v) is 3.13. The normalized spacial score (nSPS) is 10.3. The minimum absolute atomic E-state index is 0.635. The molecular weight excluding hydrogens is 200 g/mol. The molecule has 1 heteroatoms. The molecule has 2 rings (SSSR count). The molecule has 0 aliphatic rings. The van der Waals surface area contributed by atoms with Crippen LogP contribution in [-0.2, 0) is 0 Å². The minimum Gasteiger partial charge on any atom is -0.140 e. The monoisotopic (exact) mass is 220 g/mol. The third-order valence-electron chi connectivity index (χ3n) is 2.40. The SMILES string of the molecule is CC.Cc1sc2ccccc2c1C(C)C. The fourth-order valence-electron chi connectivity index (χ4n) is 1.91. The van der Waals surface area contributed by atoms with Gasteiger partial charge in [-0.15, -0.1) is 11.3 Å². The Bertz CT molecular complexity index is 424. The lowest BCUT2D eigenvalue weighted by molar-refractivity contribution is 0.873. The van der Waals surface area contributed by atoms with Gasteiger partial charge in [-0.25, -0.2) is 0 Å². The second-order valence-electron chi connectivity index (χ2n) is 3.72. The quantitative estimate of drug-likeness (QED) is 0.607. The molecule has 0 fully saturated rings. The van der Waals surface area contributed by atoms with E-state index in [-0.39, 0.29) is 0 Å². The Hall–Kier alpha value is -0.820. The fraction of sp³-hybridized carbons (Fsp3) is 0.429. The summed E-state index contributed by atoms with van der Waals surface area (Å²) in [6, 6.07) is 8.68. The zero-order valence-corrected chi connectivity index (χ0v) is 11.1. The Balaban J connectivity index is 0.000000531. The zero-order valence-electron chi connectivity index (χ0n) is 10.3. The molecule has 0 saturated heterocycles. The van der Waals surface area contributed by atoms with Crippen LogP contribution < -0.4 is 0 Å². The van der Waals surface area contributed by atoms with Crippen LogP contribution in [0.5, 0.6) is 0 Å². The molecule has 0 unspecified atom stereocenters. The van der Waals surface area contributed by atoms with Gasteiger partial charge >= 0.3 is 0 Å². The van der Waals surface area contributed by atoms with Gasteiger partial charge in [0, 0.05) is 9.58 Å². The highest BCUT2D eigenvalue weighted by molar-refractivity contribution is 7.19. The van der Waals surface area contributed by atoms with Gasteiger partial charge in [0.1, 0.15) is 0 Å². The smallest absolute Gasteiger partial charge is 0.0348 e. The number of thiophene rings is 1. The second kappa shape index (κ2) is 5.32. The van der Waals surface area contributed by atoms with Gasteiger partial charge in [0.2, 0.25) is 0 Å². The molecule has 0 saturated carbocycles. The number of aryl methyl sites for hydroxylation is 1. The lowest BCUT2D eigenvalue weighted by atomic mass is 10.0. The molecule has 1 aromatic heterocycles. The lowest BCUT2D eigenvalue weighted by Gasteiger charge is -2.04. The van der Waals surface area contributed by atoms with Crippen molar-refractivity contribution < 1.29 is 0 Å². The van der Waals surface area contributed by atoms with E-state index >= 15 is 0 Å². The van der Waals surface area contributed by atoms with Gasteiger partial charge in [-0.2, -0.15) is 0 Å². The summed E-state index contributed by atoms with van der Waals surface area (Å²) in [7, 11) is 0. The Morgan fingerprint density at radius 3 is 2.27 bits per heavy atom. The second-order valence-corrected chi connectivity index (χ2v) is 4.98. The Kier molecular flexibility index (Phi) is 4.34. The van der Waals surface area contributed by atoms with Crippen molar-refractivity contribution in [2.24, 2.45) is 0 Å². The van der Waals surface area contributed by atoms with Crippen molar-refractivity contribution in [2.45, 2.75) is 40.5 Å². The maximum atomic E-state index is 2.27. The highest BCUT2D eigenvalue weighted by atomic mass is 32.1. The summed E-state index contributed by atoms with van der Waals surface area (Å²) in [6.07, 6.45) is 0. The molecule has 1 heterocycles. The number of hydrogen-bond acceptors (Lipinski definition) is 1. The third kappa shape index (κ3) is 2.40. The predicted octanol–water partition coefficient (Wildman–Crippen LogP) is 5.36. The average Bonchev–Trinajstić information content (AvgIpc) is 2.56. The van der Waals surface area contributed by atoms with Crippen LogP contribution in [0.15, 0.2) is 24.3 Å². The van der Waals surface area contributed by atoms with E-state index in [9.17, 15) is 0 Å². The summed E-state index contributed by atoms with van der Waals surface area (Å²) < 4.78 is 1.42. The molecule has 0 radical (unpaired) electrons. The first-order valence-corrected chi connectivity index (χ1v) is 6.50. The molecule has 0 nitrogen and oxygen atoms in total. The maximum Gasteiger partial charge on any atom is 0.0348 e. The zero-order chi connectivity index (χ0) is 11.4. The van der Waals surface area contributed by atoms with Crippen molar-refractivity contribution in [3.63, 3.8) is 0 Å². The summed E-state index contributed by atoms with van der Waals surface area (Å²) in [5, 5.41) is 1.44. The van der Waals surface area contributed by atoms with E-state index in [2.05, 4.69) is 45.0 Å². The van der Waals surface area contributed by atoms with E-state index in [0.717, 1.165) is 0 Å². The number of hydrogen-bond donors (Lipinski definition) is 0. The van der Waals surface area contributed by atoms with Gasteiger partial charge in [0.25, 0.3) is 0 Å². The highest BCUT2D eigenvalue weighted by Gasteiger charge is 2.10. The number of benzene rings is 1. The molecule has 2 aromatic rings. The molecule has 0 spiro atoms. The average molecular weight is 220 g/mol. The maximum absolute atomic E-state index is 2.27. The molecular formula is C14H20S. The molecule has 0 aliphatic carbocycles. The molecule has 1 aromatic carbocycles. The summed E-state index contributed by atoms with van der Waals surface area (Å²) >= 11 is 1.91. The van der Waals surface area contributed by atoms with Crippen LogP contribution in [0, 0.1) is 6.92 Å². The van der Waals surface area contributed by atoms with Crippen LogP contribution in [0.25, 0.3) is 10.1 Å². The van der Waals surface area contributed by atoms with Crippen LogP contribution in [0.1, 0.15) is 44.1 Å². The standard InChI is InChI=1S/C12H14S.C2H6/c1-8(2)12-9(3)13-11-7-5-4-6-10(11)12;1-2/h4-8H,1-3H3;1-2H3. The molecule has 0 N–H and O–H groups in total. The molecule has 0 aliphatic heterocycles. The van der Waals surface area contributed by atoms with Crippen LogP contribution in [-0.4, -0.2) is 0 Å². The summed E-state index contributed by atoms with van der Waals surface area (Å²) in [4.78, 5) is 1.47. The highest BCUT2D eigenvalue weighted by Crippen LogP contribution is 2.35. The topological polar surface area (TPSA) is 0 Å². The van der Waals surface area contributed by atoms with Gasteiger partial charge in [-0.1, -0.05) is 45.9 Å². The summed E-state index contributed by atoms with van der Waals surface area (Å²) in [6.45, 7) is 10.8. The van der Waals surface area contributed by atoms with Crippen LogP contribution in [0.4, 0.5) is 0 Å². The molecule has 0 amide bonds. The van der Waals surface area contributed by atoms with Crippen LogP contribution >= 0.6 is 11.3 Å². The van der Waals surface area contributed by atoms with Crippen molar-refractivity contribution in [2.75, 3.05) is 0 Å². The minimum atomic E-state index is 0.635. The van der Waals surface area contributed by atoms with Crippen LogP contribution in [0.2, 0.25) is 0 Å². The van der Waals surface area contributed by atoms with Gasteiger partial charge in [-0.05, 0) is 29.9 Å². The molecule has 0 bridgehead atoms. The van der Waals surface area contributed by atoms with Gasteiger partial charge < -0.3 is 0 Å². The van der Waals surface area contributed by atoms with Gasteiger partial charge in [-0.3, -0.25) is 0 Å². The van der Waals surface area contributed by atoms with E-state index in [1.807, 2.05) is 25.2 Å². The van der Waals surface area contributed by atoms with Crippen molar-refractivity contribution in [3.8, 4) is 0 Å². The van der Waals surface area contributed by atoms with Gasteiger partial charge in [0.15, 0.2) is 0 Å². The van der Waals surface area contributed by atoms with E-state index in [1.54, 1.807) is 0 Å². The summed E-state index contributed by atoms with van der Waals surface area (Å²) in [5.41, 5.74) is 1.53. The third-order valence-corrected chi connectivity index (χ3v) is 3.50. The molecule has 82 valence electrons. The van der Waals surface area contributed by atoms with Crippen molar-refractivity contribution in [1.29, 1.82) is 0 Å². The molecule has 15 heavy (non-hydrogen) atoms. The number of fused-ring (bicyclic) bond motifs is 1. The predicted molar refractivity (Wildman–Crippen MR) is 72.0 cm³/mol. The largest absolute Gasteiger partial charge is 0.140 e. The van der Waals surface area contributed by atoms with E-state index in [0.29, 0.717) is 5.92 Å². The van der Waals surface area contributed by atoms with Crippen molar-refractivity contribution >= 4 is 21.4 Å². The first kappa shape index (κ1) is 12.3. The number of rotatable bonds is 1. The summed E-state index contributed by atoms with van der Waals surface area (Å²) in [5.74, 6) is 0.635. The Labute approximate surface area is 96.9 Å². The van der Waals surface area contributed by atoms with Crippen LogP contribution in [0.3, 0.4) is 0 Å². The lowest BCUT2D eigenvalue weighted by Crippen LogP contribution is -1.86. The van der Waals surface area contributed by atoms with Crippen molar-refractivity contribution in [3.05, 3.63) is 34.7 Å². The molecule has 0 atom stereocenters. The Morgan fingerprint density at radius 1 is 1.07 bits per heavy atom. The first-order chi connectivity index (χ1) is 7.20. The van der Waals surface area contributed by atoms with E-state index < -0.39 is 0 Å². The Morgan fingerprint density at radius 2 is 1.67 bits per heavy atom. The first-order valence-electron chi connectivity index (χ1n) is 5.68. The van der Waals surface area contributed by atoms with Crippen molar-refractivity contribution in [1.82, 2.24) is 0 Å². The van der Waals surface area contributed by atoms with E-state index in [4.69, 9.17) is 0 Å². The van der Waals surface area contributed by atoms with E-state index in [1.165, 1.54) is 20.5 Å². The van der Waals surface area contributed by atoms with Gasteiger partial charge in [0.05, 0.1) is 0 Å².